The lowest BCUT2D eigenvalue weighted by molar-refractivity contribution is -0.675. The summed E-state index contributed by atoms with van der Waals surface area (Å²) in [5.41, 5.74) is 11.3. The third-order valence-electron chi connectivity index (χ3n) is 8.56. The number of rotatable bonds is 10. The van der Waals surface area contributed by atoms with E-state index in [9.17, 15) is 0 Å². The molecule has 50 heavy (non-hydrogen) atoms. The van der Waals surface area contributed by atoms with Crippen molar-refractivity contribution >= 4 is 58.4 Å². The van der Waals surface area contributed by atoms with Crippen LogP contribution in [0.3, 0.4) is 0 Å². The van der Waals surface area contributed by atoms with E-state index in [0.717, 1.165) is 56.6 Å². The Morgan fingerprint density at radius 1 is 0.320 bits per heavy atom. The van der Waals surface area contributed by atoms with Crippen LogP contribution in [0.25, 0.3) is 24.3 Å². The molecule has 0 aliphatic rings. The van der Waals surface area contributed by atoms with Crippen molar-refractivity contribution in [3.05, 3.63) is 211 Å². The fraction of sp³-hybridized carbons (Fsp3) is 0.0217. The molecule has 0 fully saturated rings. The summed E-state index contributed by atoms with van der Waals surface area (Å²) in [5.74, 6) is 0. The Kier molecular flexibility index (Phi) is 11.3. The molecule has 7 aromatic rings. The van der Waals surface area contributed by atoms with Crippen LogP contribution in [0.2, 0.25) is 0 Å². The van der Waals surface area contributed by atoms with Crippen LogP contribution in [0.1, 0.15) is 22.5 Å². The number of hydrogen-bond acceptors (Lipinski definition) is 2. The van der Waals surface area contributed by atoms with E-state index in [2.05, 4.69) is 234 Å². The largest absolute Gasteiger partial charge is 1.00 e. The van der Waals surface area contributed by atoms with Crippen LogP contribution >= 0.6 is 0 Å². The Balaban J connectivity index is 0.00000432. The summed E-state index contributed by atoms with van der Waals surface area (Å²) in [5, 5.41) is 0. The highest BCUT2D eigenvalue weighted by Gasteiger charge is 2.13. The highest BCUT2D eigenvalue weighted by atomic mass is 127. The third kappa shape index (κ3) is 8.11. The van der Waals surface area contributed by atoms with Gasteiger partial charge in [0.15, 0.2) is 0 Å². The molecule has 0 atom stereocenters. The first-order valence-electron chi connectivity index (χ1n) is 16.6. The Hall–Kier alpha value is -5.72. The lowest BCUT2D eigenvalue weighted by Crippen LogP contribution is -3.00. The van der Waals surface area contributed by atoms with Gasteiger partial charge in [0.2, 0.25) is 11.4 Å². The van der Waals surface area contributed by atoms with Gasteiger partial charge in [0.1, 0.15) is 7.05 Å². The molecule has 1 heterocycles. The molecular weight excluding hydrogens is 721 g/mol. The first-order valence-corrected chi connectivity index (χ1v) is 16.6. The molecule has 0 N–H and O–H groups in total. The molecule has 4 heteroatoms. The molecule has 1 aromatic heterocycles. The number of para-hydroxylation sites is 4. The molecule has 0 bridgehead atoms. The van der Waals surface area contributed by atoms with Crippen molar-refractivity contribution < 1.29 is 28.5 Å². The monoisotopic (exact) mass is 759 g/mol. The standard InChI is InChI=1S/C46H38N3.HI/c1-47-39(31-25-37-27-33-45(34-28-37)48(41-15-6-2-7-16-41)42-17-8-3-9-18-42)23-14-24-40(47)32-26-38-29-35-46(36-30-38)49(43-19-10-4-11-20-43)44-21-12-5-13-22-44;/h2-36H,1H3;1H/q+1;/p-1. The van der Waals surface area contributed by atoms with E-state index in [-0.39, 0.29) is 24.0 Å². The van der Waals surface area contributed by atoms with Crippen LogP contribution < -0.4 is 38.3 Å². The van der Waals surface area contributed by atoms with Gasteiger partial charge in [0, 0.05) is 58.4 Å². The smallest absolute Gasteiger partial charge is 0.205 e. The molecule has 0 unspecified atom stereocenters. The second-order valence-corrected chi connectivity index (χ2v) is 11.8. The normalized spacial score (nSPS) is 11.0. The predicted molar refractivity (Wildman–Crippen MR) is 208 cm³/mol. The summed E-state index contributed by atoms with van der Waals surface area (Å²) < 4.78 is 2.22. The summed E-state index contributed by atoms with van der Waals surface area (Å²) in [6, 6.07) is 65.8. The van der Waals surface area contributed by atoms with Gasteiger partial charge >= 0.3 is 0 Å². The maximum absolute atomic E-state index is 2.28. The SMILES string of the molecule is C[n+]1c(/C=C/c2ccc(N(c3ccccc3)c3ccccc3)cc2)cccc1/C=C/c1ccc(N(c2ccccc2)c2ccccc2)cc1.[I-]. The second-order valence-electron chi connectivity index (χ2n) is 11.8. The van der Waals surface area contributed by atoms with Crippen molar-refractivity contribution in [2.45, 2.75) is 0 Å². The van der Waals surface area contributed by atoms with Crippen molar-refractivity contribution in [2.24, 2.45) is 7.05 Å². The fourth-order valence-corrected chi connectivity index (χ4v) is 5.99. The molecule has 244 valence electrons. The van der Waals surface area contributed by atoms with Gasteiger partial charge in [-0.25, -0.2) is 0 Å². The van der Waals surface area contributed by atoms with E-state index in [4.69, 9.17) is 0 Å². The number of nitrogens with zero attached hydrogens (tertiary/aromatic N) is 3. The quantitative estimate of drug-likeness (QED) is 0.102. The minimum Gasteiger partial charge on any atom is -1.00 e. The zero-order chi connectivity index (χ0) is 33.3. The Labute approximate surface area is 312 Å². The van der Waals surface area contributed by atoms with Gasteiger partial charge in [-0.3, -0.25) is 0 Å². The van der Waals surface area contributed by atoms with Gasteiger partial charge in [-0.05, 0) is 102 Å². The molecule has 6 aromatic carbocycles. The van der Waals surface area contributed by atoms with E-state index in [1.165, 1.54) is 0 Å². The maximum atomic E-state index is 2.28. The number of pyridine rings is 1. The molecule has 0 saturated heterocycles. The Morgan fingerprint density at radius 2 is 0.600 bits per heavy atom. The molecule has 0 spiro atoms. The summed E-state index contributed by atoms with van der Waals surface area (Å²) in [4.78, 5) is 4.55. The minimum atomic E-state index is 0. The molecule has 3 nitrogen and oxygen atoms in total. The lowest BCUT2D eigenvalue weighted by Gasteiger charge is -2.25. The number of halogens is 1. The summed E-state index contributed by atoms with van der Waals surface area (Å²) in [7, 11) is 2.11. The van der Waals surface area contributed by atoms with Crippen LogP contribution in [-0.2, 0) is 7.05 Å². The van der Waals surface area contributed by atoms with E-state index in [1.807, 2.05) is 0 Å². The minimum absolute atomic E-state index is 0. The van der Waals surface area contributed by atoms with Gasteiger partial charge in [0.25, 0.3) is 0 Å². The van der Waals surface area contributed by atoms with Gasteiger partial charge in [-0.1, -0.05) is 97.1 Å². The van der Waals surface area contributed by atoms with Crippen LogP contribution in [-0.4, -0.2) is 0 Å². The van der Waals surface area contributed by atoms with Crippen LogP contribution in [0, 0.1) is 0 Å². The topological polar surface area (TPSA) is 10.4 Å². The van der Waals surface area contributed by atoms with Crippen molar-refractivity contribution in [3.63, 3.8) is 0 Å². The highest BCUT2D eigenvalue weighted by Crippen LogP contribution is 2.35. The third-order valence-corrected chi connectivity index (χ3v) is 8.56. The Bertz CT molecular complexity index is 1910. The average Bonchev–Trinajstić information content (AvgIpc) is 3.17. The van der Waals surface area contributed by atoms with Crippen molar-refractivity contribution in [1.82, 2.24) is 0 Å². The van der Waals surface area contributed by atoms with E-state index >= 15 is 0 Å². The zero-order valence-corrected chi connectivity index (χ0v) is 30.1. The zero-order valence-electron chi connectivity index (χ0n) is 27.9. The van der Waals surface area contributed by atoms with Gasteiger partial charge in [0.05, 0.1) is 0 Å². The second kappa shape index (κ2) is 16.6. The average molecular weight is 760 g/mol. The fourth-order valence-electron chi connectivity index (χ4n) is 5.99. The molecule has 0 radical (unpaired) electrons. The number of benzene rings is 6. The van der Waals surface area contributed by atoms with Crippen LogP contribution in [0.4, 0.5) is 34.1 Å². The molecule has 0 saturated carbocycles. The molecule has 0 amide bonds. The summed E-state index contributed by atoms with van der Waals surface area (Å²) >= 11 is 0. The number of anilines is 6. The predicted octanol–water partition coefficient (Wildman–Crippen LogP) is 8.80. The highest BCUT2D eigenvalue weighted by molar-refractivity contribution is 5.79. The summed E-state index contributed by atoms with van der Waals surface area (Å²) in [6.45, 7) is 0. The van der Waals surface area contributed by atoms with Gasteiger partial charge in [-0.2, -0.15) is 4.57 Å². The molecule has 7 rings (SSSR count). The first kappa shape index (κ1) is 34.2. The summed E-state index contributed by atoms with van der Waals surface area (Å²) in [6.07, 6.45) is 8.70. The number of hydrogen-bond donors (Lipinski definition) is 0. The van der Waals surface area contributed by atoms with Crippen molar-refractivity contribution in [3.8, 4) is 0 Å². The molecule has 0 aliphatic heterocycles. The Morgan fingerprint density at radius 3 is 0.900 bits per heavy atom. The molecule has 0 aliphatic carbocycles. The van der Waals surface area contributed by atoms with Crippen LogP contribution in [0.15, 0.2) is 188 Å². The van der Waals surface area contributed by atoms with E-state index < -0.39 is 0 Å². The lowest BCUT2D eigenvalue weighted by atomic mass is 10.1. The maximum Gasteiger partial charge on any atom is 0.205 e. The van der Waals surface area contributed by atoms with Gasteiger partial charge < -0.3 is 33.8 Å². The van der Waals surface area contributed by atoms with Gasteiger partial charge in [-0.15, -0.1) is 0 Å². The van der Waals surface area contributed by atoms with E-state index in [1.54, 1.807) is 0 Å². The van der Waals surface area contributed by atoms with E-state index in [0.29, 0.717) is 0 Å². The number of aromatic nitrogens is 1. The van der Waals surface area contributed by atoms with Crippen molar-refractivity contribution in [2.75, 3.05) is 9.80 Å². The first-order chi connectivity index (χ1) is 24.2. The molecular formula is C46H38IN3. The van der Waals surface area contributed by atoms with Crippen LogP contribution in [0.5, 0.6) is 0 Å². The van der Waals surface area contributed by atoms with Crippen molar-refractivity contribution in [1.29, 1.82) is 0 Å².